The quantitative estimate of drug-likeness (QED) is 0.239. The van der Waals surface area contributed by atoms with E-state index >= 15 is 0 Å². The molecule has 5 aromatic rings. The molecule has 0 aliphatic rings. The smallest absolute Gasteiger partial charge is 0.124 e. The van der Waals surface area contributed by atoms with Crippen molar-refractivity contribution in [3.63, 3.8) is 0 Å². The van der Waals surface area contributed by atoms with Gasteiger partial charge in [0.25, 0.3) is 0 Å². The van der Waals surface area contributed by atoms with Crippen LogP contribution in [-0.2, 0) is 19.6 Å². The van der Waals surface area contributed by atoms with Crippen LogP contribution in [0.4, 0.5) is 0 Å². The molecule has 0 spiro atoms. The molecule has 0 bridgehead atoms. The van der Waals surface area contributed by atoms with Crippen molar-refractivity contribution in [1.29, 1.82) is 0 Å². The number of aromatic nitrogens is 2. The Hall–Kier alpha value is -3.05. The summed E-state index contributed by atoms with van der Waals surface area (Å²) in [6.07, 6.45) is 0.818. The molecule has 4 aromatic carbocycles. The Morgan fingerprint density at radius 3 is 2.61 bits per heavy atom. The van der Waals surface area contributed by atoms with Crippen molar-refractivity contribution >= 4 is 45.0 Å². The zero-order valence-electron chi connectivity index (χ0n) is 17.9. The Balaban J connectivity index is 1.30. The highest BCUT2D eigenvalue weighted by molar-refractivity contribution is 6.42. The standard InChI is InChI=1S/C27H23Cl2N3O/c28-22-11-9-18(15-23(22)29)17-33-26-12-10-19-5-1-2-6-20(19)21(26)16-30-14-13-27-31-24-7-3-4-8-25(24)32-27/h1-12,15,30H,13-14,16-17H2,(H,31,32). The molecule has 0 amide bonds. The highest BCUT2D eigenvalue weighted by Gasteiger charge is 2.10. The third kappa shape index (κ3) is 4.98. The molecule has 0 fully saturated rings. The number of aromatic amines is 1. The second-order valence-corrected chi connectivity index (χ2v) is 8.74. The number of imidazole rings is 1. The van der Waals surface area contributed by atoms with Crippen molar-refractivity contribution in [1.82, 2.24) is 15.3 Å². The number of fused-ring (bicyclic) bond motifs is 2. The summed E-state index contributed by atoms with van der Waals surface area (Å²) in [6.45, 7) is 1.91. The highest BCUT2D eigenvalue weighted by Crippen LogP contribution is 2.29. The minimum Gasteiger partial charge on any atom is -0.489 e. The Morgan fingerprint density at radius 2 is 1.73 bits per heavy atom. The fourth-order valence-corrected chi connectivity index (χ4v) is 4.29. The second-order valence-electron chi connectivity index (χ2n) is 7.93. The molecule has 6 heteroatoms. The summed E-state index contributed by atoms with van der Waals surface area (Å²) < 4.78 is 6.22. The van der Waals surface area contributed by atoms with E-state index in [0.29, 0.717) is 23.2 Å². The summed E-state index contributed by atoms with van der Waals surface area (Å²) in [7, 11) is 0. The molecule has 0 saturated carbocycles. The third-order valence-electron chi connectivity index (χ3n) is 5.65. The molecule has 4 nitrogen and oxygen atoms in total. The lowest BCUT2D eigenvalue weighted by Gasteiger charge is -2.15. The van der Waals surface area contributed by atoms with E-state index in [4.69, 9.17) is 27.9 Å². The van der Waals surface area contributed by atoms with Crippen molar-refractivity contribution in [3.8, 4) is 5.75 Å². The van der Waals surface area contributed by atoms with Crippen molar-refractivity contribution in [3.05, 3.63) is 106 Å². The van der Waals surface area contributed by atoms with Crippen LogP contribution in [0.5, 0.6) is 5.75 Å². The average Bonchev–Trinajstić information content (AvgIpc) is 3.26. The first-order valence-electron chi connectivity index (χ1n) is 10.9. The predicted molar refractivity (Wildman–Crippen MR) is 136 cm³/mol. The Bertz CT molecular complexity index is 1380. The molecule has 33 heavy (non-hydrogen) atoms. The van der Waals surface area contributed by atoms with Crippen LogP contribution < -0.4 is 10.1 Å². The van der Waals surface area contributed by atoms with Gasteiger partial charge in [-0.2, -0.15) is 0 Å². The van der Waals surface area contributed by atoms with Crippen molar-refractivity contribution in [2.45, 2.75) is 19.6 Å². The molecular formula is C27H23Cl2N3O. The van der Waals surface area contributed by atoms with Gasteiger partial charge >= 0.3 is 0 Å². The number of benzene rings is 4. The van der Waals surface area contributed by atoms with E-state index in [1.807, 2.05) is 42.5 Å². The first-order chi connectivity index (χ1) is 16.2. The maximum Gasteiger partial charge on any atom is 0.124 e. The van der Waals surface area contributed by atoms with Crippen LogP contribution in [0.25, 0.3) is 21.8 Å². The molecule has 0 saturated heterocycles. The number of nitrogens with one attached hydrogen (secondary N) is 2. The van der Waals surface area contributed by atoms with E-state index in [-0.39, 0.29) is 0 Å². The van der Waals surface area contributed by atoms with Crippen LogP contribution in [0.2, 0.25) is 10.0 Å². The van der Waals surface area contributed by atoms with E-state index in [9.17, 15) is 0 Å². The van der Waals surface area contributed by atoms with Gasteiger partial charge in [-0.15, -0.1) is 0 Å². The van der Waals surface area contributed by atoms with Crippen molar-refractivity contribution in [2.75, 3.05) is 6.54 Å². The summed E-state index contributed by atoms with van der Waals surface area (Å²) in [5, 5.41) is 7.01. The van der Waals surface area contributed by atoms with Crippen molar-refractivity contribution in [2.24, 2.45) is 0 Å². The second kappa shape index (κ2) is 9.84. The van der Waals surface area contributed by atoms with E-state index in [1.54, 1.807) is 6.07 Å². The fraction of sp³-hybridized carbons (Fsp3) is 0.148. The van der Waals surface area contributed by atoms with E-state index in [0.717, 1.165) is 46.7 Å². The summed E-state index contributed by atoms with van der Waals surface area (Å²) in [4.78, 5) is 8.05. The van der Waals surface area contributed by atoms with Gasteiger partial charge in [-0.3, -0.25) is 0 Å². The van der Waals surface area contributed by atoms with Gasteiger partial charge < -0.3 is 15.0 Å². The lowest BCUT2D eigenvalue weighted by atomic mass is 10.0. The van der Waals surface area contributed by atoms with Gasteiger partial charge in [-0.1, -0.05) is 71.7 Å². The van der Waals surface area contributed by atoms with Crippen LogP contribution in [0.1, 0.15) is 17.0 Å². The van der Waals surface area contributed by atoms with Gasteiger partial charge in [-0.25, -0.2) is 4.98 Å². The lowest BCUT2D eigenvalue weighted by Crippen LogP contribution is -2.18. The number of rotatable bonds is 8. The topological polar surface area (TPSA) is 49.9 Å². The van der Waals surface area contributed by atoms with Gasteiger partial charge in [0.15, 0.2) is 0 Å². The first-order valence-corrected chi connectivity index (χ1v) is 11.6. The van der Waals surface area contributed by atoms with Crippen molar-refractivity contribution < 1.29 is 4.74 Å². The van der Waals surface area contributed by atoms with E-state index in [1.165, 1.54) is 10.8 Å². The monoisotopic (exact) mass is 475 g/mol. The van der Waals surface area contributed by atoms with Gasteiger partial charge in [-0.05, 0) is 46.7 Å². The highest BCUT2D eigenvalue weighted by atomic mass is 35.5. The van der Waals surface area contributed by atoms with Crippen LogP contribution >= 0.6 is 23.2 Å². The maximum absolute atomic E-state index is 6.22. The molecule has 0 radical (unpaired) electrons. The van der Waals surface area contributed by atoms with E-state index in [2.05, 4.69) is 45.6 Å². The molecule has 0 unspecified atom stereocenters. The van der Waals surface area contributed by atoms with Crippen LogP contribution in [0.15, 0.2) is 78.9 Å². The minimum absolute atomic E-state index is 0.418. The van der Waals surface area contributed by atoms with Crippen LogP contribution in [0.3, 0.4) is 0 Å². The molecule has 1 aromatic heterocycles. The van der Waals surface area contributed by atoms with Gasteiger partial charge in [0.2, 0.25) is 0 Å². The molecule has 0 aliphatic heterocycles. The number of nitrogens with zero attached hydrogens (tertiary/aromatic N) is 1. The lowest BCUT2D eigenvalue weighted by molar-refractivity contribution is 0.303. The van der Waals surface area contributed by atoms with Gasteiger partial charge in [0.05, 0.1) is 21.1 Å². The first kappa shape index (κ1) is 21.8. The number of hydrogen-bond donors (Lipinski definition) is 2. The number of ether oxygens (including phenoxy) is 1. The van der Waals surface area contributed by atoms with Gasteiger partial charge in [0.1, 0.15) is 18.2 Å². The van der Waals surface area contributed by atoms with Gasteiger partial charge in [0, 0.05) is 25.1 Å². The number of halogens is 2. The molecular weight excluding hydrogens is 453 g/mol. The summed E-state index contributed by atoms with van der Waals surface area (Å²) in [5.74, 6) is 1.84. The maximum atomic E-state index is 6.22. The molecule has 0 atom stereocenters. The van der Waals surface area contributed by atoms with Crippen LogP contribution in [0, 0.1) is 0 Å². The SMILES string of the molecule is Clc1ccc(COc2ccc3ccccc3c2CNCCc2nc3ccccc3[nH]2)cc1Cl. The zero-order chi connectivity index (χ0) is 22.6. The normalized spacial score (nSPS) is 11.3. The Labute approximate surface area is 202 Å². The molecule has 0 aliphatic carbocycles. The fourth-order valence-electron chi connectivity index (χ4n) is 3.97. The molecule has 1 heterocycles. The summed E-state index contributed by atoms with van der Waals surface area (Å²) in [5.41, 5.74) is 4.18. The number of hydrogen-bond acceptors (Lipinski definition) is 3. The minimum atomic E-state index is 0.418. The number of para-hydroxylation sites is 2. The predicted octanol–water partition coefficient (Wildman–Crippen LogP) is 6.93. The molecule has 166 valence electrons. The molecule has 2 N–H and O–H groups in total. The largest absolute Gasteiger partial charge is 0.489 e. The summed E-state index contributed by atoms with van der Waals surface area (Å²) >= 11 is 12.2. The molecule has 5 rings (SSSR count). The zero-order valence-corrected chi connectivity index (χ0v) is 19.5. The van der Waals surface area contributed by atoms with Crippen LogP contribution in [-0.4, -0.2) is 16.5 Å². The average molecular weight is 476 g/mol. The third-order valence-corrected chi connectivity index (χ3v) is 6.39. The van der Waals surface area contributed by atoms with E-state index < -0.39 is 0 Å². The summed E-state index contributed by atoms with van der Waals surface area (Å²) in [6, 6.07) is 26.2. The Kier molecular flexibility index (Phi) is 6.49. The number of H-pyrrole nitrogens is 1. The Morgan fingerprint density at radius 1 is 0.879 bits per heavy atom.